The van der Waals surface area contributed by atoms with Crippen LogP contribution in [0.4, 0.5) is 0 Å². The summed E-state index contributed by atoms with van der Waals surface area (Å²) in [4.78, 5) is 39.0. The third kappa shape index (κ3) is 5.53. The first kappa shape index (κ1) is 17.1. The molecule has 3 amide bonds. The Labute approximate surface area is 139 Å². The normalized spacial score (nSPS) is 9.83. The van der Waals surface area contributed by atoms with Crippen LogP contribution in [0.3, 0.4) is 0 Å². The molecule has 0 spiro atoms. The van der Waals surface area contributed by atoms with E-state index in [-0.39, 0.29) is 30.8 Å². The van der Waals surface area contributed by atoms with E-state index in [1.165, 1.54) is 12.4 Å². The standard InChI is InChI=1S/C17H18N4O3/c22-15(12-21-17(24)13-4-2-1-3-5-13)19-10-11-20-16(23)14-6-8-18-9-7-14/h1-9H,10-12H2,(H,19,22)(H,20,23)(H,21,24). The number of benzene rings is 1. The number of pyridine rings is 1. The molecule has 0 aliphatic heterocycles. The highest BCUT2D eigenvalue weighted by Gasteiger charge is 2.07. The van der Waals surface area contributed by atoms with Gasteiger partial charge in [-0.3, -0.25) is 19.4 Å². The predicted octanol–water partition coefficient (Wildman–Crippen LogP) is 0.358. The molecule has 1 heterocycles. The monoisotopic (exact) mass is 326 g/mol. The first-order chi connectivity index (χ1) is 11.7. The number of nitrogens with one attached hydrogen (secondary N) is 3. The molecule has 1 aromatic carbocycles. The van der Waals surface area contributed by atoms with E-state index < -0.39 is 0 Å². The predicted molar refractivity (Wildman–Crippen MR) is 88.4 cm³/mol. The number of hydrogen-bond donors (Lipinski definition) is 3. The number of aromatic nitrogens is 1. The summed E-state index contributed by atoms with van der Waals surface area (Å²) in [5, 5.41) is 7.82. The van der Waals surface area contributed by atoms with Gasteiger partial charge in [-0.25, -0.2) is 0 Å². The van der Waals surface area contributed by atoms with Crippen LogP contribution in [0.2, 0.25) is 0 Å². The third-order valence-electron chi connectivity index (χ3n) is 3.12. The maximum absolute atomic E-state index is 11.8. The second-order valence-corrected chi connectivity index (χ2v) is 4.89. The summed E-state index contributed by atoms with van der Waals surface area (Å²) < 4.78 is 0. The molecule has 124 valence electrons. The van der Waals surface area contributed by atoms with Gasteiger partial charge in [-0.15, -0.1) is 0 Å². The van der Waals surface area contributed by atoms with Gasteiger partial charge in [0.05, 0.1) is 6.54 Å². The van der Waals surface area contributed by atoms with E-state index in [1.54, 1.807) is 36.4 Å². The zero-order chi connectivity index (χ0) is 17.2. The highest BCUT2D eigenvalue weighted by molar-refractivity contribution is 5.96. The fourth-order valence-electron chi connectivity index (χ4n) is 1.90. The van der Waals surface area contributed by atoms with Crippen LogP contribution < -0.4 is 16.0 Å². The Morgan fingerprint density at radius 2 is 1.33 bits per heavy atom. The number of carbonyl (C=O) groups excluding carboxylic acids is 3. The molecule has 0 unspecified atom stereocenters. The molecule has 1 aromatic heterocycles. The van der Waals surface area contributed by atoms with Crippen molar-refractivity contribution >= 4 is 17.7 Å². The van der Waals surface area contributed by atoms with E-state index in [1.807, 2.05) is 6.07 Å². The number of amides is 3. The summed E-state index contributed by atoms with van der Waals surface area (Å²) in [5.41, 5.74) is 1.00. The Morgan fingerprint density at radius 1 is 0.750 bits per heavy atom. The lowest BCUT2D eigenvalue weighted by molar-refractivity contribution is -0.120. The Balaban J connectivity index is 1.62. The highest BCUT2D eigenvalue weighted by atomic mass is 16.2. The molecule has 0 radical (unpaired) electrons. The molecule has 0 aliphatic carbocycles. The topological polar surface area (TPSA) is 100 Å². The van der Waals surface area contributed by atoms with Gasteiger partial charge in [0, 0.05) is 36.6 Å². The quantitative estimate of drug-likeness (QED) is 0.640. The Hall–Kier alpha value is -3.22. The molecule has 0 fully saturated rings. The second-order valence-electron chi connectivity index (χ2n) is 4.89. The summed E-state index contributed by atoms with van der Waals surface area (Å²) in [7, 11) is 0. The maximum atomic E-state index is 11.8. The molecule has 2 aromatic rings. The van der Waals surface area contributed by atoms with E-state index >= 15 is 0 Å². The molecule has 7 heteroatoms. The minimum absolute atomic E-state index is 0.119. The van der Waals surface area contributed by atoms with Crippen LogP contribution in [0.15, 0.2) is 54.9 Å². The smallest absolute Gasteiger partial charge is 0.251 e. The van der Waals surface area contributed by atoms with Gasteiger partial charge in [0.25, 0.3) is 11.8 Å². The average Bonchev–Trinajstić information content (AvgIpc) is 2.64. The average molecular weight is 326 g/mol. The number of rotatable bonds is 7. The van der Waals surface area contributed by atoms with Crippen molar-refractivity contribution in [1.82, 2.24) is 20.9 Å². The maximum Gasteiger partial charge on any atom is 0.251 e. The van der Waals surface area contributed by atoms with Gasteiger partial charge < -0.3 is 16.0 Å². The Bertz CT molecular complexity index is 689. The lowest BCUT2D eigenvalue weighted by Gasteiger charge is -2.08. The van der Waals surface area contributed by atoms with Gasteiger partial charge >= 0.3 is 0 Å². The lowest BCUT2D eigenvalue weighted by Crippen LogP contribution is -2.40. The molecule has 0 saturated carbocycles. The molecule has 0 atom stereocenters. The zero-order valence-electron chi connectivity index (χ0n) is 13.0. The summed E-state index contributed by atoms with van der Waals surface area (Å²) in [6.07, 6.45) is 3.07. The zero-order valence-corrected chi connectivity index (χ0v) is 13.0. The van der Waals surface area contributed by atoms with E-state index in [0.717, 1.165) is 0 Å². The van der Waals surface area contributed by atoms with Crippen molar-refractivity contribution in [1.29, 1.82) is 0 Å². The van der Waals surface area contributed by atoms with Crippen molar-refractivity contribution < 1.29 is 14.4 Å². The molecule has 24 heavy (non-hydrogen) atoms. The van der Waals surface area contributed by atoms with Crippen molar-refractivity contribution in [2.75, 3.05) is 19.6 Å². The van der Waals surface area contributed by atoms with Crippen LogP contribution in [0.1, 0.15) is 20.7 Å². The van der Waals surface area contributed by atoms with Gasteiger partial charge in [0.1, 0.15) is 0 Å². The largest absolute Gasteiger partial charge is 0.353 e. The lowest BCUT2D eigenvalue weighted by atomic mass is 10.2. The molecule has 3 N–H and O–H groups in total. The summed E-state index contributed by atoms with van der Waals surface area (Å²) in [6, 6.07) is 11.9. The van der Waals surface area contributed by atoms with E-state index in [0.29, 0.717) is 17.7 Å². The van der Waals surface area contributed by atoms with Gasteiger partial charge in [-0.2, -0.15) is 0 Å². The van der Waals surface area contributed by atoms with Gasteiger partial charge in [0.15, 0.2) is 0 Å². The van der Waals surface area contributed by atoms with Crippen LogP contribution in [-0.4, -0.2) is 42.3 Å². The highest BCUT2D eigenvalue weighted by Crippen LogP contribution is 1.97. The van der Waals surface area contributed by atoms with Crippen molar-refractivity contribution in [2.24, 2.45) is 0 Å². The molecule has 0 bridgehead atoms. The fraction of sp³-hybridized carbons (Fsp3) is 0.176. The van der Waals surface area contributed by atoms with Crippen molar-refractivity contribution in [3.05, 3.63) is 66.0 Å². The van der Waals surface area contributed by atoms with E-state index in [9.17, 15) is 14.4 Å². The fourth-order valence-corrected chi connectivity index (χ4v) is 1.90. The van der Waals surface area contributed by atoms with Crippen molar-refractivity contribution in [3.8, 4) is 0 Å². The van der Waals surface area contributed by atoms with Crippen LogP contribution in [0.25, 0.3) is 0 Å². The molecule has 0 aliphatic rings. The van der Waals surface area contributed by atoms with E-state index in [2.05, 4.69) is 20.9 Å². The van der Waals surface area contributed by atoms with Crippen LogP contribution in [0.5, 0.6) is 0 Å². The second kappa shape index (κ2) is 9.04. The minimum Gasteiger partial charge on any atom is -0.353 e. The van der Waals surface area contributed by atoms with Crippen LogP contribution in [0, 0.1) is 0 Å². The summed E-state index contributed by atoms with van der Waals surface area (Å²) >= 11 is 0. The minimum atomic E-state index is -0.322. The number of hydrogen-bond acceptors (Lipinski definition) is 4. The molecule has 2 rings (SSSR count). The van der Waals surface area contributed by atoms with Gasteiger partial charge in [-0.05, 0) is 24.3 Å². The van der Waals surface area contributed by atoms with Crippen molar-refractivity contribution in [2.45, 2.75) is 0 Å². The van der Waals surface area contributed by atoms with Crippen LogP contribution in [-0.2, 0) is 4.79 Å². The first-order valence-corrected chi connectivity index (χ1v) is 7.45. The molecule has 7 nitrogen and oxygen atoms in total. The summed E-state index contributed by atoms with van der Waals surface area (Å²) in [6.45, 7) is 0.447. The molecular weight excluding hydrogens is 308 g/mol. The van der Waals surface area contributed by atoms with Gasteiger partial charge in [0.2, 0.25) is 5.91 Å². The van der Waals surface area contributed by atoms with Crippen molar-refractivity contribution in [3.63, 3.8) is 0 Å². The Morgan fingerprint density at radius 3 is 2.04 bits per heavy atom. The molecular formula is C17H18N4O3. The van der Waals surface area contributed by atoms with Crippen LogP contribution >= 0.6 is 0 Å². The molecule has 0 saturated heterocycles. The number of nitrogens with zero attached hydrogens (tertiary/aromatic N) is 1. The van der Waals surface area contributed by atoms with Gasteiger partial charge in [-0.1, -0.05) is 18.2 Å². The third-order valence-corrected chi connectivity index (χ3v) is 3.12. The summed E-state index contributed by atoms with van der Waals surface area (Å²) in [5.74, 6) is -0.863. The Kier molecular flexibility index (Phi) is 6.46. The SMILES string of the molecule is O=C(CNC(=O)c1ccccc1)NCCNC(=O)c1ccncc1. The number of carbonyl (C=O) groups is 3. The first-order valence-electron chi connectivity index (χ1n) is 7.45. The van der Waals surface area contributed by atoms with E-state index in [4.69, 9.17) is 0 Å².